The van der Waals surface area contributed by atoms with Crippen molar-refractivity contribution in [1.82, 2.24) is 4.90 Å². The Labute approximate surface area is 113 Å². The van der Waals surface area contributed by atoms with Crippen molar-refractivity contribution < 1.29 is 13.2 Å². The molecule has 0 aromatic rings. The summed E-state index contributed by atoms with van der Waals surface area (Å²) in [5, 5.41) is 0. The van der Waals surface area contributed by atoms with E-state index in [4.69, 9.17) is 5.73 Å². The van der Waals surface area contributed by atoms with Crippen molar-refractivity contribution >= 4 is 0 Å². The van der Waals surface area contributed by atoms with E-state index in [0.717, 1.165) is 12.5 Å². The zero-order valence-corrected chi connectivity index (χ0v) is 11.7. The number of alkyl halides is 3. The van der Waals surface area contributed by atoms with E-state index < -0.39 is 12.6 Å². The maximum Gasteiger partial charge on any atom is 0.389 e. The first-order valence-electron chi connectivity index (χ1n) is 7.38. The van der Waals surface area contributed by atoms with Crippen LogP contribution in [0.25, 0.3) is 0 Å². The third-order valence-corrected chi connectivity index (χ3v) is 4.45. The first-order valence-corrected chi connectivity index (χ1v) is 7.38. The Morgan fingerprint density at radius 2 is 1.74 bits per heavy atom. The SMILES string of the molecule is CC(CN)(CCCC(F)(F)F)N(CC1CC1)C1CC1. The van der Waals surface area contributed by atoms with Gasteiger partial charge in [0.25, 0.3) is 0 Å². The molecule has 5 heteroatoms. The van der Waals surface area contributed by atoms with E-state index in [0.29, 0.717) is 19.0 Å². The highest BCUT2D eigenvalue weighted by Crippen LogP contribution is 2.40. The fourth-order valence-corrected chi connectivity index (χ4v) is 2.81. The van der Waals surface area contributed by atoms with Crippen molar-refractivity contribution in [3.8, 4) is 0 Å². The predicted octanol–water partition coefficient (Wildman–Crippen LogP) is 3.31. The molecule has 2 aliphatic rings. The quantitative estimate of drug-likeness (QED) is 0.738. The summed E-state index contributed by atoms with van der Waals surface area (Å²) in [5.41, 5.74) is 5.64. The van der Waals surface area contributed by atoms with Crippen molar-refractivity contribution in [3.05, 3.63) is 0 Å². The molecule has 0 spiro atoms. The van der Waals surface area contributed by atoms with Crippen molar-refractivity contribution in [2.75, 3.05) is 13.1 Å². The van der Waals surface area contributed by atoms with Crippen LogP contribution in [0.2, 0.25) is 0 Å². The van der Waals surface area contributed by atoms with Gasteiger partial charge in [-0.2, -0.15) is 13.2 Å². The summed E-state index contributed by atoms with van der Waals surface area (Å²) >= 11 is 0. The molecule has 2 aliphatic carbocycles. The molecule has 0 aliphatic heterocycles. The number of hydrogen-bond donors (Lipinski definition) is 1. The van der Waals surface area contributed by atoms with E-state index in [1.165, 1.54) is 25.7 Å². The molecule has 112 valence electrons. The monoisotopic (exact) mass is 278 g/mol. The minimum absolute atomic E-state index is 0.186. The lowest BCUT2D eigenvalue weighted by Gasteiger charge is -2.41. The van der Waals surface area contributed by atoms with E-state index >= 15 is 0 Å². The topological polar surface area (TPSA) is 29.3 Å². The zero-order chi connectivity index (χ0) is 14.1. The van der Waals surface area contributed by atoms with Crippen LogP contribution in [0.1, 0.15) is 51.9 Å². The van der Waals surface area contributed by atoms with Crippen molar-refractivity contribution in [1.29, 1.82) is 0 Å². The van der Waals surface area contributed by atoms with Gasteiger partial charge < -0.3 is 5.73 Å². The molecule has 0 aromatic heterocycles. The van der Waals surface area contributed by atoms with Crippen LogP contribution in [0.4, 0.5) is 13.2 Å². The van der Waals surface area contributed by atoms with Gasteiger partial charge in [0.1, 0.15) is 0 Å². The van der Waals surface area contributed by atoms with Crippen LogP contribution in [0, 0.1) is 5.92 Å². The molecule has 1 unspecified atom stereocenters. The normalized spacial score (nSPS) is 23.7. The van der Waals surface area contributed by atoms with E-state index in [2.05, 4.69) is 4.90 Å². The van der Waals surface area contributed by atoms with Gasteiger partial charge in [0.05, 0.1) is 0 Å². The molecule has 0 radical (unpaired) electrons. The second-order valence-corrected chi connectivity index (χ2v) is 6.50. The summed E-state index contributed by atoms with van der Waals surface area (Å²) in [5.74, 6) is 0.758. The highest BCUT2D eigenvalue weighted by molar-refractivity contribution is 4.98. The van der Waals surface area contributed by atoms with Crippen molar-refractivity contribution in [2.24, 2.45) is 11.7 Å². The molecule has 0 heterocycles. The van der Waals surface area contributed by atoms with Gasteiger partial charge in [0.2, 0.25) is 0 Å². The Bertz CT molecular complexity index is 298. The Kier molecular flexibility index (Phi) is 4.45. The maximum absolute atomic E-state index is 12.3. The Morgan fingerprint density at radius 1 is 1.11 bits per heavy atom. The summed E-state index contributed by atoms with van der Waals surface area (Å²) in [6, 6.07) is 0.569. The number of nitrogens with two attached hydrogens (primary N) is 1. The lowest BCUT2D eigenvalue weighted by atomic mass is 9.91. The van der Waals surface area contributed by atoms with Gasteiger partial charge in [-0.1, -0.05) is 0 Å². The summed E-state index contributed by atoms with van der Waals surface area (Å²) in [6.45, 7) is 3.53. The molecule has 2 N–H and O–H groups in total. The van der Waals surface area contributed by atoms with Gasteiger partial charge in [-0.3, -0.25) is 4.90 Å². The van der Waals surface area contributed by atoms with Crippen LogP contribution < -0.4 is 5.73 Å². The van der Waals surface area contributed by atoms with Crippen LogP contribution in [-0.4, -0.2) is 35.7 Å². The number of hydrogen-bond acceptors (Lipinski definition) is 2. The predicted molar refractivity (Wildman–Crippen MR) is 69.8 cm³/mol. The molecule has 0 saturated heterocycles. The Morgan fingerprint density at radius 3 is 2.16 bits per heavy atom. The van der Waals surface area contributed by atoms with Gasteiger partial charge in [0, 0.05) is 31.1 Å². The van der Waals surface area contributed by atoms with Gasteiger partial charge in [-0.15, -0.1) is 0 Å². The summed E-state index contributed by atoms with van der Waals surface area (Å²) in [7, 11) is 0. The minimum Gasteiger partial charge on any atom is -0.329 e. The standard InChI is InChI=1S/C14H25F3N2/c1-13(10-18,7-2-8-14(15,16)17)19(12-5-6-12)9-11-3-4-11/h11-12H,2-10,18H2,1H3. The van der Waals surface area contributed by atoms with Gasteiger partial charge in [0.15, 0.2) is 0 Å². The maximum atomic E-state index is 12.3. The molecular weight excluding hydrogens is 253 g/mol. The van der Waals surface area contributed by atoms with Crippen LogP contribution >= 0.6 is 0 Å². The van der Waals surface area contributed by atoms with Crippen LogP contribution in [0.15, 0.2) is 0 Å². The van der Waals surface area contributed by atoms with Crippen molar-refractivity contribution in [3.63, 3.8) is 0 Å². The fraction of sp³-hybridized carbons (Fsp3) is 1.00. The number of rotatable bonds is 8. The summed E-state index contributed by atoms with van der Waals surface area (Å²) < 4.78 is 36.8. The summed E-state index contributed by atoms with van der Waals surface area (Å²) in [4.78, 5) is 2.42. The molecule has 0 aromatic carbocycles. The first kappa shape index (κ1) is 15.1. The second kappa shape index (κ2) is 5.60. The molecule has 0 bridgehead atoms. The molecule has 2 nitrogen and oxygen atoms in total. The molecule has 19 heavy (non-hydrogen) atoms. The van der Waals surface area contributed by atoms with Crippen molar-refractivity contribution in [2.45, 2.75) is 69.6 Å². The van der Waals surface area contributed by atoms with Crippen LogP contribution in [-0.2, 0) is 0 Å². The Hall–Kier alpha value is -0.290. The lowest BCUT2D eigenvalue weighted by molar-refractivity contribution is -0.137. The molecule has 2 rings (SSSR count). The zero-order valence-electron chi connectivity index (χ0n) is 11.7. The van der Waals surface area contributed by atoms with Crippen LogP contribution in [0.3, 0.4) is 0 Å². The highest BCUT2D eigenvalue weighted by Gasteiger charge is 2.43. The van der Waals surface area contributed by atoms with Crippen LogP contribution in [0.5, 0.6) is 0 Å². The summed E-state index contributed by atoms with van der Waals surface area (Å²) in [6.07, 6.45) is 0.903. The van der Waals surface area contributed by atoms with Gasteiger partial charge in [-0.05, 0) is 51.4 Å². The van der Waals surface area contributed by atoms with Gasteiger partial charge >= 0.3 is 6.18 Å². The van der Waals surface area contributed by atoms with E-state index in [9.17, 15) is 13.2 Å². The smallest absolute Gasteiger partial charge is 0.329 e. The number of nitrogens with zero attached hydrogens (tertiary/aromatic N) is 1. The minimum atomic E-state index is -4.05. The van der Waals surface area contributed by atoms with E-state index in [1.54, 1.807) is 0 Å². The van der Waals surface area contributed by atoms with E-state index in [1.807, 2.05) is 6.92 Å². The average molecular weight is 278 g/mol. The molecule has 0 amide bonds. The fourth-order valence-electron chi connectivity index (χ4n) is 2.81. The van der Waals surface area contributed by atoms with Gasteiger partial charge in [-0.25, -0.2) is 0 Å². The molecule has 2 fully saturated rings. The third-order valence-electron chi connectivity index (χ3n) is 4.45. The second-order valence-electron chi connectivity index (χ2n) is 6.50. The number of halogens is 3. The Balaban J connectivity index is 1.89. The largest absolute Gasteiger partial charge is 0.389 e. The first-order chi connectivity index (χ1) is 8.84. The highest BCUT2D eigenvalue weighted by atomic mass is 19.4. The third kappa shape index (κ3) is 4.63. The molecule has 2 saturated carbocycles. The molecular formula is C14H25F3N2. The lowest BCUT2D eigenvalue weighted by Crippen LogP contribution is -2.53. The van der Waals surface area contributed by atoms with E-state index in [-0.39, 0.29) is 12.0 Å². The average Bonchev–Trinajstić information content (AvgIpc) is 3.15. The molecule has 1 atom stereocenters.